The van der Waals surface area contributed by atoms with Gasteiger partial charge in [0.2, 0.25) is 5.95 Å². The average molecular weight is 733 g/mol. The van der Waals surface area contributed by atoms with Gasteiger partial charge in [0, 0.05) is 42.1 Å². The minimum Gasteiger partial charge on any atom is -0.278 e. The van der Waals surface area contributed by atoms with Crippen LogP contribution in [0.2, 0.25) is 0 Å². The van der Waals surface area contributed by atoms with Crippen LogP contribution in [0.3, 0.4) is 0 Å². The van der Waals surface area contributed by atoms with E-state index in [2.05, 4.69) is 138 Å². The van der Waals surface area contributed by atoms with Crippen LogP contribution in [0, 0.1) is 0 Å². The van der Waals surface area contributed by atoms with Gasteiger partial charge in [0.15, 0.2) is 11.6 Å². The third-order valence-corrected chi connectivity index (χ3v) is 11.9. The molecule has 5 heteroatoms. The molecule has 0 N–H and O–H groups in total. The van der Waals surface area contributed by atoms with E-state index >= 15 is 0 Å². The molecule has 0 fully saturated rings. The van der Waals surface area contributed by atoms with Crippen molar-refractivity contribution in [3.63, 3.8) is 0 Å². The predicted molar refractivity (Wildman–Crippen MR) is 234 cm³/mol. The second-order valence-corrected chi connectivity index (χ2v) is 15.1. The Bertz CT molecular complexity index is 3200. The first-order valence-electron chi connectivity index (χ1n) is 18.8. The highest BCUT2D eigenvalue weighted by atomic mass is 32.1. The van der Waals surface area contributed by atoms with Crippen LogP contribution in [0.4, 0.5) is 0 Å². The van der Waals surface area contributed by atoms with Crippen molar-refractivity contribution in [1.82, 2.24) is 19.5 Å². The molecule has 0 saturated heterocycles. The highest BCUT2D eigenvalue weighted by Crippen LogP contribution is 2.42. The van der Waals surface area contributed by atoms with Crippen molar-refractivity contribution in [2.75, 3.05) is 0 Å². The number of benzene rings is 8. The van der Waals surface area contributed by atoms with Crippen LogP contribution in [0.25, 0.3) is 104 Å². The lowest BCUT2D eigenvalue weighted by molar-refractivity contribution is 0.953. The van der Waals surface area contributed by atoms with Crippen LogP contribution in [-0.4, -0.2) is 19.5 Å². The lowest BCUT2D eigenvalue weighted by atomic mass is 9.89. The first-order valence-corrected chi connectivity index (χ1v) is 19.6. The average Bonchev–Trinajstić information content (AvgIpc) is 3.82. The lowest BCUT2D eigenvalue weighted by Crippen LogP contribution is -2.06. The van der Waals surface area contributed by atoms with Gasteiger partial charge in [0.25, 0.3) is 0 Å². The molecule has 0 saturated carbocycles. The van der Waals surface area contributed by atoms with Gasteiger partial charge in [0.1, 0.15) is 0 Å². The predicted octanol–water partition coefficient (Wildman–Crippen LogP) is 13.7. The quantitative estimate of drug-likeness (QED) is 0.171. The third-order valence-electron chi connectivity index (χ3n) is 10.7. The summed E-state index contributed by atoms with van der Waals surface area (Å²) < 4.78 is 4.81. The number of hydrogen-bond donors (Lipinski definition) is 0. The van der Waals surface area contributed by atoms with Crippen molar-refractivity contribution in [2.45, 2.75) is 0 Å². The molecule has 11 aromatic rings. The fraction of sp³-hybridized carbons (Fsp3) is 0. The Morgan fingerprint density at radius 2 is 0.804 bits per heavy atom. The van der Waals surface area contributed by atoms with Crippen molar-refractivity contribution in [2.24, 2.45) is 0 Å². The van der Waals surface area contributed by atoms with Crippen molar-refractivity contribution >= 4 is 53.3 Å². The van der Waals surface area contributed by atoms with Gasteiger partial charge in [0.05, 0.1) is 11.0 Å². The molecular formula is C51H32N4S. The summed E-state index contributed by atoms with van der Waals surface area (Å²) in [7, 11) is 0. The molecule has 4 nitrogen and oxygen atoms in total. The molecule has 3 aromatic heterocycles. The van der Waals surface area contributed by atoms with Crippen molar-refractivity contribution in [1.29, 1.82) is 0 Å². The van der Waals surface area contributed by atoms with E-state index in [0.717, 1.165) is 38.5 Å². The van der Waals surface area contributed by atoms with Gasteiger partial charge in [-0.15, -0.1) is 11.3 Å². The molecule has 0 aliphatic heterocycles. The van der Waals surface area contributed by atoms with Gasteiger partial charge in [-0.2, -0.15) is 9.97 Å². The zero-order valence-corrected chi connectivity index (χ0v) is 31.0. The Morgan fingerprint density at radius 3 is 1.46 bits per heavy atom. The van der Waals surface area contributed by atoms with Gasteiger partial charge in [-0.1, -0.05) is 158 Å². The van der Waals surface area contributed by atoms with E-state index in [9.17, 15) is 0 Å². The van der Waals surface area contributed by atoms with E-state index in [-0.39, 0.29) is 0 Å². The first kappa shape index (κ1) is 32.2. The summed E-state index contributed by atoms with van der Waals surface area (Å²) in [6.07, 6.45) is 0. The van der Waals surface area contributed by atoms with Gasteiger partial charge in [-0.05, 0) is 69.8 Å². The van der Waals surface area contributed by atoms with Crippen LogP contribution in [-0.2, 0) is 0 Å². The molecule has 11 rings (SSSR count). The van der Waals surface area contributed by atoms with Crippen LogP contribution < -0.4 is 0 Å². The second-order valence-electron chi connectivity index (χ2n) is 14.0. The highest BCUT2D eigenvalue weighted by molar-refractivity contribution is 7.25. The van der Waals surface area contributed by atoms with Gasteiger partial charge < -0.3 is 0 Å². The number of aromatic nitrogens is 4. The number of hydrogen-bond acceptors (Lipinski definition) is 4. The fourth-order valence-electron chi connectivity index (χ4n) is 8.09. The number of para-hydroxylation sites is 1. The van der Waals surface area contributed by atoms with E-state index in [1.165, 1.54) is 48.0 Å². The summed E-state index contributed by atoms with van der Waals surface area (Å²) in [6.45, 7) is 0. The summed E-state index contributed by atoms with van der Waals surface area (Å²) in [4.78, 5) is 15.2. The molecule has 0 atom stereocenters. The fourth-order valence-corrected chi connectivity index (χ4v) is 9.17. The number of nitrogens with zero attached hydrogens (tertiary/aromatic N) is 4. The van der Waals surface area contributed by atoms with Crippen LogP contribution >= 0.6 is 11.3 Å². The van der Waals surface area contributed by atoms with Crippen LogP contribution in [0.1, 0.15) is 0 Å². The summed E-state index contributed by atoms with van der Waals surface area (Å²) in [5, 5.41) is 4.89. The van der Waals surface area contributed by atoms with Gasteiger partial charge >= 0.3 is 0 Å². The monoisotopic (exact) mass is 732 g/mol. The largest absolute Gasteiger partial charge is 0.278 e. The summed E-state index contributed by atoms with van der Waals surface area (Å²) in [5.74, 6) is 1.85. The summed E-state index contributed by atoms with van der Waals surface area (Å²) in [6, 6.07) is 68.8. The zero-order valence-electron chi connectivity index (χ0n) is 30.2. The minimum atomic E-state index is 0.585. The van der Waals surface area contributed by atoms with E-state index in [0.29, 0.717) is 17.6 Å². The number of thiophene rings is 1. The zero-order chi connectivity index (χ0) is 37.0. The molecular weight excluding hydrogens is 701 g/mol. The van der Waals surface area contributed by atoms with Gasteiger partial charge in [-0.25, -0.2) is 4.98 Å². The van der Waals surface area contributed by atoms with Crippen LogP contribution in [0.15, 0.2) is 194 Å². The maximum Gasteiger partial charge on any atom is 0.238 e. The Hall–Kier alpha value is -7.21. The Balaban J connectivity index is 1.08. The molecule has 3 heterocycles. The van der Waals surface area contributed by atoms with E-state index < -0.39 is 0 Å². The minimum absolute atomic E-state index is 0.585. The van der Waals surface area contributed by atoms with E-state index in [4.69, 9.17) is 15.0 Å². The van der Waals surface area contributed by atoms with E-state index in [1.807, 2.05) is 72.0 Å². The van der Waals surface area contributed by atoms with E-state index in [1.54, 1.807) is 0 Å². The standard InChI is InChI=1S/C51H32N4S/c1-3-15-33(16-4-1)49-52-50(34-17-5-2-6-18-34)54-51(53-49)55-45-25-13-11-23-41(45)43-31-35(27-29-46(43)55)37-19-7-9-21-39(37)40-22-10-8-20-38(40)36-28-30-48-44(32-36)42-24-12-14-26-47(42)56-48/h1-32H. The molecule has 56 heavy (non-hydrogen) atoms. The Labute approximate surface area is 327 Å². The van der Waals surface area contributed by atoms with Crippen molar-refractivity contribution in [3.05, 3.63) is 194 Å². The SMILES string of the molecule is c1ccc(-c2nc(-c3ccccc3)nc(-n3c4ccccc4c4cc(-c5ccccc5-c5ccccc5-c5ccc6sc7ccccc7c6c5)ccc43)n2)cc1. The smallest absolute Gasteiger partial charge is 0.238 e. The molecule has 0 radical (unpaired) electrons. The first-order chi connectivity index (χ1) is 27.8. The third kappa shape index (κ3) is 5.40. The normalized spacial score (nSPS) is 11.6. The lowest BCUT2D eigenvalue weighted by Gasteiger charge is -2.15. The maximum atomic E-state index is 5.12. The van der Waals surface area contributed by atoms with Crippen molar-refractivity contribution < 1.29 is 0 Å². The molecule has 0 bridgehead atoms. The summed E-state index contributed by atoms with van der Waals surface area (Å²) in [5.41, 5.74) is 11.1. The highest BCUT2D eigenvalue weighted by Gasteiger charge is 2.20. The molecule has 8 aromatic carbocycles. The molecule has 0 unspecified atom stereocenters. The molecule has 0 aliphatic rings. The van der Waals surface area contributed by atoms with Gasteiger partial charge in [-0.3, -0.25) is 4.57 Å². The molecule has 0 amide bonds. The number of fused-ring (bicyclic) bond motifs is 6. The summed E-state index contributed by atoms with van der Waals surface area (Å²) >= 11 is 1.85. The molecule has 262 valence electrons. The second kappa shape index (κ2) is 13.3. The Morgan fingerprint density at radius 1 is 0.321 bits per heavy atom. The molecule has 0 aliphatic carbocycles. The molecule has 0 spiro atoms. The van der Waals surface area contributed by atoms with Crippen LogP contribution in [0.5, 0.6) is 0 Å². The van der Waals surface area contributed by atoms with Crippen molar-refractivity contribution in [3.8, 4) is 62.1 Å². The number of rotatable bonds is 6. The Kier molecular flexibility index (Phi) is 7.64. The topological polar surface area (TPSA) is 43.6 Å². The maximum absolute atomic E-state index is 5.12.